The molecule has 1 aromatic heterocycles. The number of ether oxygens (including phenoxy) is 2. The standard InChI is InChI=1S/C13H14N2O2/c1-16-12-5-2-3-6-13(12)17-11-7-4-8-15-10(11)9-14/h2-8H,9,14H2,1H3. The topological polar surface area (TPSA) is 57.4 Å². The van der Waals surface area contributed by atoms with Gasteiger partial charge in [0.15, 0.2) is 11.5 Å². The Morgan fingerprint density at radius 1 is 1.06 bits per heavy atom. The smallest absolute Gasteiger partial charge is 0.169 e. The van der Waals surface area contributed by atoms with Crippen LogP contribution in [0.15, 0.2) is 42.6 Å². The summed E-state index contributed by atoms with van der Waals surface area (Å²) in [6, 6.07) is 11.1. The summed E-state index contributed by atoms with van der Waals surface area (Å²) < 4.78 is 11.0. The van der Waals surface area contributed by atoms with Crippen molar-refractivity contribution in [1.29, 1.82) is 0 Å². The molecule has 2 N–H and O–H groups in total. The van der Waals surface area contributed by atoms with Crippen molar-refractivity contribution in [3.8, 4) is 17.2 Å². The number of para-hydroxylation sites is 2. The van der Waals surface area contributed by atoms with Crippen molar-refractivity contribution in [2.45, 2.75) is 6.54 Å². The maximum Gasteiger partial charge on any atom is 0.169 e. The van der Waals surface area contributed by atoms with E-state index >= 15 is 0 Å². The van der Waals surface area contributed by atoms with Crippen molar-refractivity contribution in [2.75, 3.05) is 7.11 Å². The second kappa shape index (κ2) is 5.32. The number of hydrogen-bond acceptors (Lipinski definition) is 4. The monoisotopic (exact) mass is 230 g/mol. The van der Waals surface area contributed by atoms with Crippen molar-refractivity contribution >= 4 is 0 Å². The normalized spacial score (nSPS) is 10.0. The molecule has 0 fully saturated rings. The summed E-state index contributed by atoms with van der Waals surface area (Å²) >= 11 is 0. The number of nitrogens with two attached hydrogens (primary N) is 1. The van der Waals surface area contributed by atoms with E-state index in [1.165, 1.54) is 0 Å². The number of methoxy groups -OCH3 is 1. The highest BCUT2D eigenvalue weighted by atomic mass is 16.5. The molecule has 0 saturated heterocycles. The van der Waals surface area contributed by atoms with Crippen LogP contribution >= 0.6 is 0 Å². The van der Waals surface area contributed by atoms with E-state index < -0.39 is 0 Å². The van der Waals surface area contributed by atoms with Gasteiger partial charge in [0.1, 0.15) is 5.75 Å². The van der Waals surface area contributed by atoms with Crippen LogP contribution in [0.4, 0.5) is 0 Å². The third kappa shape index (κ3) is 2.54. The van der Waals surface area contributed by atoms with Crippen molar-refractivity contribution in [3.05, 3.63) is 48.3 Å². The molecule has 1 heterocycles. The molecular formula is C13H14N2O2. The molecule has 0 aliphatic rings. The summed E-state index contributed by atoms with van der Waals surface area (Å²) in [7, 11) is 1.61. The van der Waals surface area contributed by atoms with Crippen molar-refractivity contribution in [2.24, 2.45) is 5.73 Å². The minimum absolute atomic E-state index is 0.339. The molecule has 4 nitrogen and oxygen atoms in total. The molecule has 88 valence electrons. The molecule has 0 amide bonds. The second-order valence-electron chi connectivity index (χ2n) is 3.41. The Hall–Kier alpha value is -2.07. The van der Waals surface area contributed by atoms with Crippen molar-refractivity contribution < 1.29 is 9.47 Å². The first-order chi connectivity index (χ1) is 8.35. The van der Waals surface area contributed by atoms with Gasteiger partial charge in [-0.05, 0) is 24.3 Å². The largest absolute Gasteiger partial charge is 0.493 e. The van der Waals surface area contributed by atoms with E-state index in [9.17, 15) is 0 Å². The summed E-state index contributed by atoms with van der Waals surface area (Å²) in [6.45, 7) is 0.339. The highest BCUT2D eigenvalue weighted by Crippen LogP contribution is 2.31. The number of nitrogens with zero attached hydrogens (tertiary/aromatic N) is 1. The Balaban J connectivity index is 2.31. The van der Waals surface area contributed by atoms with E-state index in [0.717, 1.165) is 5.69 Å². The van der Waals surface area contributed by atoms with Gasteiger partial charge in [0, 0.05) is 12.7 Å². The first-order valence-corrected chi connectivity index (χ1v) is 5.30. The summed E-state index contributed by atoms with van der Waals surface area (Å²) in [5.74, 6) is 1.98. The Bertz CT molecular complexity index is 455. The minimum Gasteiger partial charge on any atom is -0.493 e. The summed E-state index contributed by atoms with van der Waals surface area (Å²) in [5, 5.41) is 0. The average Bonchev–Trinajstić information content (AvgIpc) is 2.40. The fourth-order valence-corrected chi connectivity index (χ4v) is 1.49. The van der Waals surface area contributed by atoms with E-state index in [1.54, 1.807) is 13.3 Å². The zero-order valence-corrected chi connectivity index (χ0v) is 9.59. The molecule has 0 radical (unpaired) electrons. The van der Waals surface area contributed by atoms with Gasteiger partial charge < -0.3 is 15.2 Å². The number of hydrogen-bond donors (Lipinski definition) is 1. The lowest BCUT2D eigenvalue weighted by atomic mass is 10.3. The van der Waals surface area contributed by atoms with Crippen LogP contribution in [0.25, 0.3) is 0 Å². The predicted octanol–water partition coefficient (Wildman–Crippen LogP) is 2.34. The average molecular weight is 230 g/mol. The molecule has 0 atom stereocenters. The Kier molecular flexibility index (Phi) is 3.57. The summed E-state index contributed by atoms with van der Waals surface area (Å²) in [6.07, 6.45) is 1.69. The first kappa shape index (κ1) is 11.4. The van der Waals surface area contributed by atoms with Gasteiger partial charge >= 0.3 is 0 Å². The Morgan fingerprint density at radius 3 is 2.47 bits per heavy atom. The molecule has 4 heteroatoms. The molecule has 2 rings (SSSR count). The molecule has 0 bridgehead atoms. The summed E-state index contributed by atoms with van der Waals surface area (Å²) in [4.78, 5) is 4.16. The molecule has 1 aromatic carbocycles. The maximum atomic E-state index is 5.75. The number of rotatable bonds is 4. The lowest BCUT2D eigenvalue weighted by Crippen LogP contribution is -2.02. The fraction of sp³-hybridized carbons (Fsp3) is 0.154. The molecule has 0 saturated carbocycles. The Labute approximate surface area is 100 Å². The van der Waals surface area contributed by atoms with Crippen LogP contribution in [0, 0.1) is 0 Å². The van der Waals surface area contributed by atoms with Crippen LogP contribution in [0.1, 0.15) is 5.69 Å². The SMILES string of the molecule is COc1ccccc1Oc1cccnc1CN. The van der Waals surface area contributed by atoms with Crippen LogP contribution in [-0.2, 0) is 6.54 Å². The van der Waals surface area contributed by atoms with Gasteiger partial charge in [-0.2, -0.15) is 0 Å². The molecule has 17 heavy (non-hydrogen) atoms. The number of benzene rings is 1. The van der Waals surface area contributed by atoms with Crippen LogP contribution in [0.5, 0.6) is 17.2 Å². The van der Waals surface area contributed by atoms with Gasteiger partial charge in [-0.15, -0.1) is 0 Å². The van der Waals surface area contributed by atoms with E-state index in [-0.39, 0.29) is 0 Å². The lowest BCUT2D eigenvalue weighted by molar-refractivity contribution is 0.377. The van der Waals surface area contributed by atoms with Gasteiger partial charge in [0.2, 0.25) is 0 Å². The zero-order chi connectivity index (χ0) is 12.1. The van der Waals surface area contributed by atoms with E-state index in [4.69, 9.17) is 15.2 Å². The molecule has 0 aliphatic heterocycles. The predicted molar refractivity (Wildman–Crippen MR) is 65.2 cm³/mol. The summed E-state index contributed by atoms with van der Waals surface area (Å²) in [5.41, 5.74) is 6.32. The Morgan fingerprint density at radius 2 is 1.76 bits per heavy atom. The van der Waals surface area contributed by atoms with Crippen molar-refractivity contribution in [1.82, 2.24) is 4.98 Å². The quantitative estimate of drug-likeness (QED) is 0.875. The molecular weight excluding hydrogens is 216 g/mol. The zero-order valence-electron chi connectivity index (χ0n) is 9.59. The highest BCUT2D eigenvalue weighted by molar-refractivity contribution is 5.43. The first-order valence-electron chi connectivity index (χ1n) is 5.30. The molecule has 0 unspecified atom stereocenters. The van der Waals surface area contributed by atoms with Gasteiger partial charge in [0.25, 0.3) is 0 Å². The van der Waals surface area contributed by atoms with Crippen LogP contribution in [0.2, 0.25) is 0 Å². The van der Waals surface area contributed by atoms with Crippen LogP contribution in [0.3, 0.4) is 0 Å². The van der Waals surface area contributed by atoms with Gasteiger partial charge in [-0.1, -0.05) is 12.1 Å². The fourth-order valence-electron chi connectivity index (χ4n) is 1.49. The maximum absolute atomic E-state index is 5.75. The van der Waals surface area contributed by atoms with E-state index in [0.29, 0.717) is 23.8 Å². The van der Waals surface area contributed by atoms with E-state index in [2.05, 4.69) is 4.98 Å². The van der Waals surface area contributed by atoms with Gasteiger partial charge in [0.05, 0.1) is 12.8 Å². The van der Waals surface area contributed by atoms with Crippen LogP contribution < -0.4 is 15.2 Å². The second-order valence-corrected chi connectivity index (χ2v) is 3.41. The number of pyridine rings is 1. The molecule has 2 aromatic rings. The van der Waals surface area contributed by atoms with Crippen LogP contribution in [-0.4, -0.2) is 12.1 Å². The van der Waals surface area contributed by atoms with Gasteiger partial charge in [-0.3, -0.25) is 4.98 Å². The third-order valence-electron chi connectivity index (χ3n) is 2.33. The van der Waals surface area contributed by atoms with Gasteiger partial charge in [-0.25, -0.2) is 0 Å². The van der Waals surface area contributed by atoms with E-state index in [1.807, 2.05) is 36.4 Å². The highest BCUT2D eigenvalue weighted by Gasteiger charge is 2.07. The molecule has 0 spiro atoms. The minimum atomic E-state index is 0.339. The van der Waals surface area contributed by atoms with Crippen molar-refractivity contribution in [3.63, 3.8) is 0 Å². The lowest BCUT2D eigenvalue weighted by Gasteiger charge is -2.11. The third-order valence-corrected chi connectivity index (χ3v) is 2.33. The number of aromatic nitrogens is 1. The molecule has 0 aliphatic carbocycles.